The van der Waals surface area contributed by atoms with Crippen LogP contribution in [0.2, 0.25) is 5.02 Å². The average molecular weight is 270 g/mol. The van der Waals surface area contributed by atoms with Crippen LogP contribution in [-0.4, -0.2) is 26.1 Å². The number of aromatic carboxylic acids is 1. The minimum absolute atomic E-state index is 0.103. The van der Waals surface area contributed by atoms with E-state index in [-0.39, 0.29) is 17.3 Å². The SMILES string of the molecule is Cc1c(C(=O)O)nnn1Cc1ccc(F)cc1Cl. The van der Waals surface area contributed by atoms with E-state index in [1.807, 2.05) is 0 Å². The Bertz CT molecular complexity index is 612. The molecule has 1 aromatic heterocycles. The fourth-order valence-electron chi connectivity index (χ4n) is 1.52. The third-order valence-electron chi connectivity index (χ3n) is 2.52. The second kappa shape index (κ2) is 4.73. The molecule has 0 amide bonds. The molecule has 18 heavy (non-hydrogen) atoms. The number of carboxylic acids is 1. The Balaban J connectivity index is 2.32. The van der Waals surface area contributed by atoms with Crippen molar-refractivity contribution in [2.75, 3.05) is 0 Å². The zero-order valence-corrected chi connectivity index (χ0v) is 10.1. The lowest BCUT2D eigenvalue weighted by atomic mass is 10.2. The first-order valence-electron chi connectivity index (χ1n) is 5.06. The van der Waals surface area contributed by atoms with Crippen LogP contribution >= 0.6 is 11.6 Å². The van der Waals surface area contributed by atoms with Gasteiger partial charge in [-0.3, -0.25) is 0 Å². The summed E-state index contributed by atoms with van der Waals surface area (Å²) in [4.78, 5) is 10.8. The van der Waals surface area contributed by atoms with Gasteiger partial charge >= 0.3 is 5.97 Å². The Morgan fingerprint density at radius 2 is 2.28 bits per heavy atom. The van der Waals surface area contributed by atoms with E-state index in [0.29, 0.717) is 11.3 Å². The monoisotopic (exact) mass is 269 g/mol. The number of carbonyl (C=O) groups is 1. The molecule has 0 spiro atoms. The van der Waals surface area contributed by atoms with E-state index in [4.69, 9.17) is 16.7 Å². The summed E-state index contributed by atoms with van der Waals surface area (Å²) < 4.78 is 14.3. The molecule has 2 aromatic rings. The molecule has 1 heterocycles. The maximum Gasteiger partial charge on any atom is 0.358 e. The molecule has 0 atom stereocenters. The summed E-state index contributed by atoms with van der Waals surface area (Å²) in [6.07, 6.45) is 0. The van der Waals surface area contributed by atoms with Crippen molar-refractivity contribution in [3.8, 4) is 0 Å². The van der Waals surface area contributed by atoms with Gasteiger partial charge in [-0.2, -0.15) is 0 Å². The van der Waals surface area contributed by atoms with Gasteiger partial charge in [0, 0.05) is 5.02 Å². The number of halogens is 2. The second-order valence-electron chi connectivity index (χ2n) is 3.72. The summed E-state index contributed by atoms with van der Waals surface area (Å²) in [5.74, 6) is -1.56. The van der Waals surface area contributed by atoms with Crippen LogP contribution in [0, 0.1) is 12.7 Å². The molecule has 0 aliphatic heterocycles. The predicted molar refractivity (Wildman–Crippen MR) is 62.2 cm³/mol. The van der Waals surface area contributed by atoms with Gasteiger partial charge in [0.15, 0.2) is 5.69 Å². The molecule has 0 bridgehead atoms. The van der Waals surface area contributed by atoms with Crippen molar-refractivity contribution in [3.63, 3.8) is 0 Å². The molecule has 0 aliphatic carbocycles. The highest BCUT2D eigenvalue weighted by Gasteiger charge is 2.15. The summed E-state index contributed by atoms with van der Waals surface area (Å²) >= 11 is 5.88. The first-order chi connectivity index (χ1) is 8.49. The van der Waals surface area contributed by atoms with E-state index in [9.17, 15) is 9.18 Å². The Hall–Kier alpha value is -1.95. The van der Waals surface area contributed by atoms with Crippen LogP contribution in [0.5, 0.6) is 0 Å². The summed E-state index contributed by atoms with van der Waals surface area (Å²) in [5, 5.41) is 16.4. The van der Waals surface area contributed by atoms with Crippen molar-refractivity contribution >= 4 is 17.6 Å². The van der Waals surface area contributed by atoms with Crippen molar-refractivity contribution in [1.29, 1.82) is 0 Å². The number of nitrogens with zero attached hydrogens (tertiary/aromatic N) is 3. The van der Waals surface area contributed by atoms with Crippen LogP contribution < -0.4 is 0 Å². The van der Waals surface area contributed by atoms with Crippen LogP contribution in [0.3, 0.4) is 0 Å². The van der Waals surface area contributed by atoms with Gasteiger partial charge in [0.25, 0.3) is 0 Å². The first-order valence-corrected chi connectivity index (χ1v) is 5.44. The molecule has 94 valence electrons. The lowest BCUT2D eigenvalue weighted by molar-refractivity contribution is 0.0689. The lowest BCUT2D eigenvalue weighted by Crippen LogP contribution is -2.06. The molecule has 5 nitrogen and oxygen atoms in total. The number of rotatable bonds is 3. The van der Waals surface area contributed by atoms with Crippen molar-refractivity contribution in [2.24, 2.45) is 0 Å². The van der Waals surface area contributed by atoms with Crippen LogP contribution in [-0.2, 0) is 6.54 Å². The fraction of sp³-hybridized carbons (Fsp3) is 0.182. The van der Waals surface area contributed by atoms with Gasteiger partial charge in [0.1, 0.15) is 5.82 Å². The molecule has 0 fully saturated rings. The topological polar surface area (TPSA) is 68.0 Å². The highest BCUT2D eigenvalue weighted by Crippen LogP contribution is 2.19. The highest BCUT2D eigenvalue weighted by molar-refractivity contribution is 6.31. The van der Waals surface area contributed by atoms with Crippen molar-refractivity contribution in [3.05, 3.63) is 46.0 Å². The lowest BCUT2D eigenvalue weighted by Gasteiger charge is -2.05. The van der Waals surface area contributed by atoms with Crippen molar-refractivity contribution in [1.82, 2.24) is 15.0 Å². The van der Waals surface area contributed by atoms with E-state index < -0.39 is 11.8 Å². The maximum atomic E-state index is 12.9. The van der Waals surface area contributed by atoms with Crippen LogP contribution in [0.25, 0.3) is 0 Å². The molecule has 0 aliphatic rings. The number of aromatic nitrogens is 3. The minimum atomic E-state index is -1.14. The van der Waals surface area contributed by atoms with Crippen LogP contribution in [0.15, 0.2) is 18.2 Å². The largest absolute Gasteiger partial charge is 0.476 e. The summed E-state index contributed by atoms with van der Waals surface area (Å²) in [6, 6.07) is 4.01. The molecule has 0 saturated carbocycles. The third kappa shape index (κ3) is 2.33. The van der Waals surface area contributed by atoms with E-state index in [1.54, 1.807) is 6.92 Å². The van der Waals surface area contributed by atoms with Gasteiger partial charge in [-0.05, 0) is 24.6 Å². The molecule has 0 radical (unpaired) electrons. The molecular formula is C11H9ClFN3O2. The molecule has 0 saturated heterocycles. The Morgan fingerprint density at radius 1 is 1.56 bits per heavy atom. The zero-order valence-electron chi connectivity index (χ0n) is 9.39. The summed E-state index contributed by atoms with van der Waals surface area (Å²) in [5.41, 5.74) is 0.958. The van der Waals surface area contributed by atoms with Gasteiger partial charge < -0.3 is 5.11 Å². The van der Waals surface area contributed by atoms with Crippen LogP contribution in [0.4, 0.5) is 4.39 Å². The van der Waals surface area contributed by atoms with Gasteiger partial charge in [0.2, 0.25) is 0 Å². The van der Waals surface area contributed by atoms with Gasteiger partial charge in [-0.1, -0.05) is 22.9 Å². The maximum absolute atomic E-state index is 12.9. The fourth-order valence-corrected chi connectivity index (χ4v) is 1.75. The second-order valence-corrected chi connectivity index (χ2v) is 4.13. The summed E-state index contributed by atoms with van der Waals surface area (Å²) in [6.45, 7) is 1.84. The Morgan fingerprint density at radius 3 is 2.83 bits per heavy atom. The van der Waals surface area contributed by atoms with E-state index in [2.05, 4.69) is 10.3 Å². The zero-order chi connectivity index (χ0) is 13.3. The predicted octanol–water partition coefficient (Wildman–Crippen LogP) is 2.13. The average Bonchev–Trinajstić information content (AvgIpc) is 2.64. The normalized spacial score (nSPS) is 10.6. The van der Waals surface area contributed by atoms with Gasteiger partial charge in [-0.15, -0.1) is 5.10 Å². The Kier molecular flexibility index (Phi) is 3.29. The third-order valence-corrected chi connectivity index (χ3v) is 2.87. The van der Waals surface area contributed by atoms with E-state index >= 15 is 0 Å². The molecule has 2 rings (SSSR count). The number of hydrogen-bond donors (Lipinski definition) is 1. The highest BCUT2D eigenvalue weighted by atomic mass is 35.5. The van der Waals surface area contributed by atoms with Gasteiger partial charge in [-0.25, -0.2) is 13.9 Å². The first kappa shape index (κ1) is 12.5. The van der Waals surface area contributed by atoms with E-state index in [1.165, 1.54) is 22.9 Å². The molecule has 1 N–H and O–H groups in total. The van der Waals surface area contributed by atoms with E-state index in [0.717, 1.165) is 0 Å². The Labute approximate surface area is 107 Å². The number of hydrogen-bond acceptors (Lipinski definition) is 3. The minimum Gasteiger partial charge on any atom is -0.476 e. The molecule has 0 unspecified atom stereocenters. The number of carboxylic acid groups (broad SMARTS) is 1. The molecular weight excluding hydrogens is 261 g/mol. The smallest absolute Gasteiger partial charge is 0.358 e. The standard InChI is InChI=1S/C11H9ClFN3O2/c1-6-10(11(17)18)14-15-16(6)5-7-2-3-8(13)4-9(7)12/h2-4H,5H2,1H3,(H,17,18). The van der Waals surface area contributed by atoms with Crippen molar-refractivity contribution < 1.29 is 14.3 Å². The van der Waals surface area contributed by atoms with Crippen LogP contribution in [0.1, 0.15) is 21.7 Å². The molecule has 1 aromatic carbocycles. The van der Waals surface area contributed by atoms with Gasteiger partial charge in [0.05, 0.1) is 12.2 Å². The summed E-state index contributed by atoms with van der Waals surface area (Å²) in [7, 11) is 0. The van der Waals surface area contributed by atoms with Crippen molar-refractivity contribution in [2.45, 2.75) is 13.5 Å². The quantitative estimate of drug-likeness (QED) is 0.927. The number of benzene rings is 1. The molecule has 7 heteroatoms.